The predicted molar refractivity (Wildman–Crippen MR) is 60.4 cm³/mol. The smallest absolute Gasteiger partial charge is 0.180 e. The maximum atomic E-state index is 11.8. The quantitative estimate of drug-likeness (QED) is 0.808. The second kappa shape index (κ2) is 3.98. The van der Waals surface area contributed by atoms with E-state index < -0.39 is 0 Å². The summed E-state index contributed by atoms with van der Waals surface area (Å²) in [6.07, 6.45) is 3.74. The van der Waals surface area contributed by atoms with Crippen LogP contribution >= 0.6 is 11.3 Å². The molecule has 0 atom stereocenters. The van der Waals surface area contributed by atoms with E-state index in [1.807, 2.05) is 19.9 Å². The molecule has 0 fully saturated rings. The molecule has 0 aliphatic carbocycles. The Kier molecular flexibility index (Phi) is 2.68. The molecule has 0 amide bonds. The number of aromatic nitrogens is 2. The Bertz CT molecular complexity index is 451. The number of carbonyl (C=O) groups is 1. The Morgan fingerprint density at radius 1 is 1.53 bits per heavy atom. The Labute approximate surface area is 92.2 Å². The van der Waals surface area contributed by atoms with Crippen molar-refractivity contribution in [2.75, 3.05) is 0 Å². The lowest BCUT2D eigenvalue weighted by Crippen LogP contribution is -2.02. The average molecular weight is 220 g/mol. The van der Waals surface area contributed by atoms with Crippen molar-refractivity contribution in [2.24, 2.45) is 0 Å². The highest BCUT2D eigenvalue weighted by Crippen LogP contribution is 2.21. The molecule has 0 unspecified atom stereocenters. The zero-order valence-electron chi connectivity index (χ0n) is 8.70. The first-order chi connectivity index (χ1) is 7.16. The number of aryl methyl sites for hydroxylation is 2. The van der Waals surface area contributed by atoms with Crippen LogP contribution in [-0.2, 0) is 6.42 Å². The SMILES string of the molecule is Cc1cc(C(=O)Cc2ncc[nH]2)sc1C. The molecule has 4 heteroatoms. The largest absolute Gasteiger partial charge is 0.348 e. The van der Waals surface area contributed by atoms with Crippen LogP contribution in [0.4, 0.5) is 0 Å². The number of ketones is 1. The van der Waals surface area contributed by atoms with Crippen LogP contribution in [0.2, 0.25) is 0 Å². The van der Waals surface area contributed by atoms with Gasteiger partial charge in [0.25, 0.3) is 0 Å². The summed E-state index contributed by atoms with van der Waals surface area (Å²) < 4.78 is 0. The Morgan fingerprint density at radius 2 is 2.33 bits per heavy atom. The van der Waals surface area contributed by atoms with Gasteiger partial charge in [-0.25, -0.2) is 4.98 Å². The first-order valence-electron chi connectivity index (χ1n) is 4.75. The molecule has 0 spiro atoms. The highest BCUT2D eigenvalue weighted by atomic mass is 32.1. The number of thiophene rings is 1. The van der Waals surface area contributed by atoms with Gasteiger partial charge in [-0.1, -0.05) is 0 Å². The molecule has 0 saturated carbocycles. The van der Waals surface area contributed by atoms with Gasteiger partial charge in [0.05, 0.1) is 11.3 Å². The van der Waals surface area contributed by atoms with Crippen molar-refractivity contribution >= 4 is 17.1 Å². The second-order valence-corrected chi connectivity index (χ2v) is 4.74. The van der Waals surface area contributed by atoms with E-state index in [-0.39, 0.29) is 5.78 Å². The lowest BCUT2D eigenvalue weighted by atomic mass is 10.2. The molecule has 1 N–H and O–H groups in total. The molecule has 0 radical (unpaired) electrons. The number of nitrogens with zero attached hydrogens (tertiary/aromatic N) is 1. The van der Waals surface area contributed by atoms with E-state index in [2.05, 4.69) is 9.97 Å². The van der Waals surface area contributed by atoms with Crippen molar-refractivity contribution in [3.05, 3.63) is 39.6 Å². The lowest BCUT2D eigenvalue weighted by Gasteiger charge is -1.93. The standard InChI is InChI=1S/C11H12N2OS/c1-7-5-10(15-8(7)2)9(14)6-11-12-3-4-13-11/h3-5H,6H2,1-2H3,(H,12,13). The van der Waals surface area contributed by atoms with Gasteiger partial charge < -0.3 is 4.98 Å². The molecule has 15 heavy (non-hydrogen) atoms. The number of carbonyl (C=O) groups excluding carboxylic acids is 1. The van der Waals surface area contributed by atoms with Crippen LogP contribution in [-0.4, -0.2) is 15.8 Å². The van der Waals surface area contributed by atoms with Crippen LogP contribution in [0, 0.1) is 13.8 Å². The Morgan fingerprint density at radius 3 is 2.87 bits per heavy atom. The highest BCUT2D eigenvalue weighted by Gasteiger charge is 2.12. The van der Waals surface area contributed by atoms with Gasteiger partial charge in [0.1, 0.15) is 5.82 Å². The lowest BCUT2D eigenvalue weighted by molar-refractivity contribution is 0.0995. The van der Waals surface area contributed by atoms with Crippen LogP contribution in [0.1, 0.15) is 25.9 Å². The molecular formula is C11H12N2OS. The number of imidazole rings is 1. The van der Waals surface area contributed by atoms with E-state index in [0.29, 0.717) is 6.42 Å². The van der Waals surface area contributed by atoms with E-state index in [1.165, 1.54) is 10.4 Å². The number of nitrogens with one attached hydrogen (secondary N) is 1. The van der Waals surface area contributed by atoms with Crippen molar-refractivity contribution in [1.82, 2.24) is 9.97 Å². The minimum Gasteiger partial charge on any atom is -0.348 e. The number of aromatic amines is 1. The van der Waals surface area contributed by atoms with Gasteiger partial charge >= 0.3 is 0 Å². The summed E-state index contributed by atoms with van der Waals surface area (Å²) in [5.41, 5.74) is 1.18. The molecule has 2 rings (SSSR count). The van der Waals surface area contributed by atoms with Crippen molar-refractivity contribution in [2.45, 2.75) is 20.3 Å². The van der Waals surface area contributed by atoms with Crippen LogP contribution < -0.4 is 0 Å². The van der Waals surface area contributed by atoms with E-state index in [9.17, 15) is 4.79 Å². The van der Waals surface area contributed by atoms with Crippen LogP contribution in [0.5, 0.6) is 0 Å². The molecule has 3 nitrogen and oxygen atoms in total. The van der Waals surface area contributed by atoms with E-state index >= 15 is 0 Å². The van der Waals surface area contributed by atoms with Gasteiger partial charge in [0, 0.05) is 17.3 Å². The number of hydrogen-bond acceptors (Lipinski definition) is 3. The molecule has 2 aromatic heterocycles. The first kappa shape index (κ1) is 10.1. The average Bonchev–Trinajstić information content (AvgIpc) is 2.78. The summed E-state index contributed by atoms with van der Waals surface area (Å²) in [5, 5.41) is 0. The minimum absolute atomic E-state index is 0.131. The first-order valence-corrected chi connectivity index (χ1v) is 5.57. The maximum Gasteiger partial charge on any atom is 0.180 e. The zero-order chi connectivity index (χ0) is 10.8. The fourth-order valence-electron chi connectivity index (χ4n) is 1.34. The second-order valence-electron chi connectivity index (χ2n) is 3.49. The van der Waals surface area contributed by atoms with Gasteiger partial charge in [0.15, 0.2) is 5.78 Å². The molecule has 0 bridgehead atoms. The summed E-state index contributed by atoms with van der Waals surface area (Å²) >= 11 is 1.55. The van der Waals surface area contributed by atoms with Gasteiger partial charge in [-0.15, -0.1) is 11.3 Å². The van der Waals surface area contributed by atoms with Crippen molar-refractivity contribution in [3.8, 4) is 0 Å². The molecule has 0 saturated heterocycles. The number of Topliss-reactive ketones (excluding diaryl/α,β-unsaturated/α-hetero) is 1. The Hall–Kier alpha value is -1.42. The van der Waals surface area contributed by atoms with Gasteiger partial charge in [0.2, 0.25) is 0 Å². The molecule has 2 heterocycles. The van der Waals surface area contributed by atoms with Crippen LogP contribution in [0.25, 0.3) is 0 Å². The molecule has 2 aromatic rings. The third-order valence-electron chi connectivity index (χ3n) is 2.32. The number of H-pyrrole nitrogens is 1. The summed E-state index contributed by atoms with van der Waals surface area (Å²) in [6.45, 7) is 4.05. The molecular weight excluding hydrogens is 208 g/mol. The Balaban J connectivity index is 2.15. The van der Waals surface area contributed by atoms with Gasteiger partial charge in [-0.05, 0) is 25.5 Å². The third-order valence-corrected chi connectivity index (χ3v) is 3.52. The van der Waals surface area contributed by atoms with E-state index in [4.69, 9.17) is 0 Å². The summed E-state index contributed by atoms with van der Waals surface area (Å²) in [6, 6.07) is 1.95. The number of rotatable bonds is 3. The minimum atomic E-state index is 0.131. The zero-order valence-corrected chi connectivity index (χ0v) is 9.52. The van der Waals surface area contributed by atoms with Crippen LogP contribution in [0.3, 0.4) is 0 Å². The van der Waals surface area contributed by atoms with Crippen molar-refractivity contribution in [1.29, 1.82) is 0 Å². The summed E-state index contributed by atoms with van der Waals surface area (Å²) in [7, 11) is 0. The van der Waals surface area contributed by atoms with E-state index in [1.54, 1.807) is 23.7 Å². The monoisotopic (exact) mass is 220 g/mol. The van der Waals surface area contributed by atoms with Crippen molar-refractivity contribution < 1.29 is 4.79 Å². The summed E-state index contributed by atoms with van der Waals surface area (Å²) in [4.78, 5) is 20.8. The predicted octanol–water partition coefficient (Wildman–Crippen LogP) is 2.51. The van der Waals surface area contributed by atoms with E-state index in [0.717, 1.165) is 10.7 Å². The third kappa shape index (κ3) is 2.15. The normalized spacial score (nSPS) is 10.5. The number of hydrogen-bond donors (Lipinski definition) is 1. The fraction of sp³-hybridized carbons (Fsp3) is 0.273. The molecule has 0 aliphatic heterocycles. The van der Waals surface area contributed by atoms with Crippen molar-refractivity contribution in [3.63, 3.8) is 0 Å². The molecule has 0 aliphatic rings. The summed E-state index contributed by atoms with van der Waals surface area (Å²) in [5.74, 6) is 0.856. The fourth-order valence-corrected chi connectivity index (χ4v) is 2.32. The highest BCUT2D eigenvalue weighted by molar-refractivity contribution is 7.14. The van der Waals surface area contributed by atoms with Gasteiger partial charge in [-0.3, -0.25) is 4.79 Å². The topological polar surface area (TPSA) is 45.8 Å². The molecule has 78 valence electrons. The van der Waals surface area contributed by atoms with Crippen LogP contribution in [0.15, 0.2) is 18.5 Å². The maximum absolute atomic E-state index is 11.8. The molecule has 0 aromatic carbocycles. The van der Waals surface area contributed by atoms with Gasteiger partial charge in [-0.2, -0.15) is 0 Å².